The van der Waals surface area contributed by atoms with Crippen LogP contribution in [0.25, 0.3) is 22.2 Å². The summed E-state index contributed by atoms with van der Waals surface area (Å²) < 4.78 is 23.0. The highest BCUT2D eigenvalue weighted by atomic mass is 127. The zero-order valence-electron chi connectivity index (χ0n) is 14.7. The topological polar surface area (TPSA) is 91.7 Å². The number of ether oxygens (including phenoxy) is 1. The summed E-state index contributed by atoms with van der Waals surface area (Å²) in [6, 6.07) is 4.67. The zero-order chi connectivity index (χ0) is 20.0. The molecule has 2 N–H and O–H groups in total. The van der Waals surface area contributed by atoms with Gasteiger partial charge in [-0.2, -0.15) is 0 Å². The van der Waals surface area contributed by atoms with Crippen molar-refractivity contribution in [2.75, 3.05) is 5.73 Å². The molecule has 1 aromatic carbocycles. The molecule has 7 nitrogen and oxygen atoms in total. The minimum absolute atomic E-state index is 0.0194. The quantitative estimate of drug-likeness (QED) is 0.408. The predicted molar refractivity (Wildman–Crippen MR) is 113 cm³/mol. The molecule has 4 rings (SSSR count). The van der Waals surface area contributed by atoms with E-state index in [4.69, 9.17) is 22.1 Å². The van der Waals surface area contributed by atoms with Crippen LogP contribution in [0.1, 0.15) is 5.69 Å². The molecule has 4 aromatic rings. The largest absolute Gasteiger partial charge is 0.420 e. The van der Waals surface area contributed by atoms with E-state index in [9.17, 15) is 4.39 Å². The number of hydrogen-bond donors (Lipinski definition) is 1. The van der Waals surface area contributed by atoms with Gasteiger partial charge in [0, 0.05) is 24.5 Å². The Morgan fingerprint density at radius 1 is 1.25 bits per heavy atom. The number of halogens is 3. The third kappa shape index (κ3) is 3.14. The monoisotopic (exact) mass is 510 g/mol. The molecule has 0 unspecified atom stereocenters. The van der Waals surface area contributed by atoms with Crippen molar-refractivity contribution in [2.45, 2.75) is 6.92 Å². The van der Waals surface area contributed by atoms with Gasteiger partial charge in [-0.15, -0.1) is 0 Å². The first kappa shape index (κ1) is 18.8. The van der Waals surface area contributed by atoms with Crippen molar-refractivity contribution in [2.24, 2.45) is 7.05 Å². The Morgan fingerprint density at radius 3 is 2.75 bits per heavy atom. The summed E-state index contributed by atoms with van der Waals surface area (Å²) in [5, 5.41) is 0.726. The summed E-state index contributed by atoms with van der Waals surface area (Å²) in [7, 11) is 1.85. The summed E-state index contributed by atoms with van der Waals surface area (Å²) in [5.41, 5.74) is 8.65. The van der Waals surface area contributed by atoms with Crippen LogP contribution in [0.3, 0.4) is 0 Å². The molecule has 0 saturated heterocycles. The molecule has 0 bridgehead atoms. The second-order valence-corrected chi connectivity index (χ2v) is 7.46. The first-order chi connectivity index (χ1) is 13.4. The summed E-state index contributed by atoms with van der Waals surface area (Å²) in [6.45, 7) is 1.78. The number of aryl methyl sites for hydroxylation is 2. The lowest BCUT2D eigenvalue weighted by Crippen LogP contribution is -1.97. The minimum Gasteiger partial charge on any atom is -0.420 e. The van der Waals surface area contributed by atoms with Crippen LogP contribution in [-0.4, -0.2) is 24.5 Å². The normalized spacial score (nSPS) is 11.2. The number of hydrogen-bond acceptors (Lipinski definition) is 6. The summed E-state index contributed by atoms with van der Waals surface area (Å²) >= 11 is 8.49. The maximum Gasteiger partial charge on any atom is 0.322 e. The molecular weight excluding hydrogens is 498 g/mol. The number of aromatic nitrogens is 5. The van der Waals surface area contributed by atoms with Crippen LogP contribution in [0.4, 0.5) is 10.2 Å². The predicted octanol–water partition coefficient (Wildman–Crippen LogP) is 4.51. The van der Waals surface area contributed by atoms with E-state index in [1.165, 1.54) is 18.6 Å². The summed E-state index contributed by atoms with van der Waals surface area (Å²) in [5.74, 6) is -0.477. The molecular formula is C18H13ClFIN6O. The molecule has 3 heterocycles. The van der Waals surface area contributed by atoms with Gasteiger partial charge >= 0.3 is 6.01 Å². The van der Waals surface area contributed by atoms with E-state index in [0.717, 1.165) is 3.70 Å². The number of nitrogen functional groups attached to an aromatic ring is 1. The average molecular weight is 511 g/mol. The number of fused-ring (bicyclic) bond motifs is 1. The van der Waals surface area contributed by atoms with Crippen molar-refractivity contribution in [1.29, 1.82) is 0 Å². The van der Waals surface area contributed by atoms with Crippen molar-refractivity contribution in [3.63, 3.8) is 0 Å². The smallest absolute Gasteiger partial charge is 0.322 e. The van der Waals surface area contributed by atoms with Gasteiger partial charge in [0.05, 0.1) is 14.1 Å². The third-order valence-corrected chi connectivity index (χ3v) is 5.72. The lowest BCUT2D eigenvalue weighted by atomic mass is 10.1. The van der Waals surface area contributed by atoms with Crippen LogP contribution in [0.2, 0.25) is 5.02 Å². The Balaban J connectivity index is 1.86. The molecule has 0 aliphatic heterocycles. The second kappa shape index (κ2) is 7.13. The van der Waals surface area contributed by atoms with Crippen LogP contribution >= 0.6 is 34.2 Å². The van der Waals surface area contributed by atoms with E-state index in [1.807, 2.05) is 11.6 Å². The lowest BCUT2D eigenvalue weighted by Gasteiger charge is -2.10. The molecule has 0 fully saturated rings. The Kier molecular flexibility index (Phi) is 4.79. The number of anilines is 1. The minimum atomic E-state index is -0.643. The van der Waals surface area contributed by atoms with Crippen molar-refractivity contribution in [1.82, 2.24) is 24.5 Å². The van der Waals surface area contributed by atoms with E-state index in [0.29, 0.717) is 33.7 Å². The van der Waals surface area contributed by atoms with Crippen molar-refractivity contribution in [3.05, 3.63) is 51.0 Å². The molecule has 3 aromatic heterocycles. The van der Waals surface area contributed by atoms with Gasteiger partial charge in [0.2, 0.25) is 0 Å². The van der Waals surface area contributed by atoms with Gasteiger partial charge in [0.1, 0.15) is 17.8 Å². The highest BCUT2D eigenvalue weighted by Gasteiger charge is 2.22. The van der Waals surface area contributed by atoms with Gasteiger partial charge in [-0.1, -0.05) is 11.6 Å². The fourth-order valence-electron chi connectivity index (χ4n) is 2.88. The number of benzene rings is 1. The molecule has 0 aliphatic rings. The molecule has 0 amide bonds. The zero-order valence-corrected chi connectivity index (χ0v) is 17.7. The fourth-order valence-corrected chi connectivity index (χ4v) is 3.93. The summed E-state index contributed by atoms with van der Waals surface area (Å²) in [4.78, 5) is 16.4. The average Bonchev–Trinajstić information content (AvgIpc) is 2.91. The van der Waals surface area contributed by atoms with Gasteiger partial charge < -0.3 is 15.0 Å². The highest BCUT2D eigenvalue weighted by Crippen LogP contribution is 2.41. The van der Waals surface area contributed by atoms with Gasteiger partial charge in [0.15, 0.2) is 11.6 Å². The van der Waals surface area contributed by atoms with Crippen LogP contribution < -0.4 is 10.5 Å². The first-order valence-electron chi connectivity index (χ1n) is 8.08. The van der Waals surface area contributed by atoms with Gasteiger partial charge in [-0.05, 0) is 53.3 Å². The summed E-state index contributed by atoms with van der Waals surface area (Å²) in [6.07, 6.45) is 2.92. The molecule has 0 saturated carbocycles. The van der Waals surface area contributed by atoms with Crippen LogP contribution in [0, 0.1) is 16.4 Å². The number of rotatable bonds is 3. The SMILES string of the molecule is Cc1ccnc(Oc2c(F)cc(-c3c(I)n(C)c4ncnc(N)c34)cc2Cl)n1. The molecule has 0 aliphatic carbocycles. The fraction of sp³-hybridized carbons (Fsp3) is 0.111. The first-order valence-corrected chi connectivity index (χ1v) is 9.53. The Labute approximate surface area is 177 Å². The van der Waals surface area contributed by atoms with E-state index < -0.39 is 5.82 Å². The standard InChI is InChI=1S/C18H13ClFIN6O/c1-8-3-4-23-18(26-8)28-14-10(19)5-9(6-11(14)20)12-13-16(22)24-7-25-17(13)27(2)15(12)21/h3-7H,1-2H3,(H2,22,24,25). The molecule has 142 valence electrons. The van der Waals surface area contributed by atoms with Crippen LogP contribution in [-0.2, 0) is 7.05 Å². The number of nitrogens with two attached hydrogens (primary N) is 1. The van der Waals surface area contributed by atoms with Crippen molar-refractivity contribution < 1.29 is 9.13 Å². The van der Waals surface area contributed by atoms with Crippen molar-refractivity contribution in [3.8, 4) is 22.9 Å². The van der Waals surface area contributed by atoms with E-state index in [1.54, 1.807) is 19.1 Å². The molecule has 10 heteroatoms. The highest BCUT2D eigenvalue weighted by molar-refractivity contribution is 14.1. The van der Waals surface area contributed by atoms with E-state index in [2.05, 4.69) is 42.5 Å². The maximum atomic E-state index is 14.9. The van der Waals surface area contributed by atoms with Crippen molar-refractivity contribution >= 4 is 51.0 Å². The molecule has 0 atom stereocenters. The third-order valence-electron chi connectivity index (χ3n) is 4.18. The number of nitrogens with zero attached hydrogens (tertiary/aromatic N) is 5. The molecule has 0 radical (unpaired) electrons. The van der Waals surface area contributed by atoms with E-state index in [-0.39, 0.29) is 16.8 Å². The second-order valence-electron chi connectivity index (χ2n) is 6.03. The van der Waals surface area contributed by atoms with Gasteiger partial charge in [0.25, 0.3) is 0 Å². The Hall–Kier alpha value is -2.53. The maximum absolute atomic E-state index is 14.9. The Bertz CT molecular complexity index is 1210. The van der Waals surface area contributed by atoms with Crippen LogP contribution in [0.15, 0.2) is 30.7 Å². The molecule has 0 spiro atoms. The van der Waals surface area contributed by atoms with Gasteiger partial charge in [-0.3, -0.25) is 0 Å². The van der Waals surface area contributed by atoms with Crippen LogP contribution in [0.5, 0.6) is 11.8 Å². The molecule has 28 heavy (non-hydrogen) atoms. The van der Waals surface area contributed by atoms with Gasteiger partial charge in [-0.25, -0.2) is 24.3 Å². The van der Waals surface area contributed by atoms with E-state index >= 15 is 0 Å². The lowest BCUT2D eigenvalue weighted by molar-refractivity contribution is 0.410. The Morgan fingerprint density at radius 2 is 2.04 bits per heavy atom.